The Morgan fingerprint density at radius 2 is 1.80 bits per heavy atom. The summed E-state index contributed by atoms with van der Waals surface area (Å²) in [5.74, 6) is -2.42. The average molecular weight is 613 g/mol. The largest absolute Gasteiger partial charge is 0.394 e. The fourth-order valence-electron chi connectivity index (χ4n) is 6.15. The summed E-state index contributed by atoms with van der Waals surface area (Å²) in [4.78, 5) is 56.3. The number of halogens is 1. The van der Waals surface area contributed by atoms with E-state index in [1.807, 2.05) is 7.05 Å². The van der Waals surface area contributed by atoms with Gasteiger partial charge in [-0.1, -0.05) is 32.3 Å². The number of hydrogen-bond acceptors (Lipinski definition) is 7. The van der Waals surface area contributed by atoms with E-state index in [0.29, 0.717) is 24.3 Å². The van der Waals surface area contributed by atoms with Gasteiger partial charge in [0.15, 0.2) is 5.78 Å². The van der Waals surface area contributed by atoms with Gasteiger partial charge in [0.05, 0.1) is 18.8 Å². The monoisotopic (exact) mass is 612 g/mol. The molecule has 1 aromatic heterocycles. The van der Waals surface area contributed by atoms with Gasteiger partial charge < -0.3 is 25.5 Å². The fraction of sp³-hybridized carbons (Fsp3) is 0.594. The van der Waals surface area contributed by atoms with Gasteiger partial charge in [-0.3, -0.25) is 23.9 Å². The molecule has 0 unspecified atom stereocenters. The van der Waals surface area contributed by atoms with Crippen LogP contribution in [0.2, 0.25) is 0 Å². The molecule has 3 amide bonds. The molecular weight excluding hydrogens is 567 g/mol. The molecule has 0 bridgehead atoms. The molecule has 2 aliphatic rings. The van der Waals surface area contributed by atoms with Crippen LogP contribution >= 0.6 is 0 Å². The lowest BCUT2D eigenvalue weighted by Gasteiger charge is -2.34. The lowest BCUT2D eigenvalue weighted by Crippen LogP contribution is -2.54. The van der Waals surface area contributed by atoms with Crippen LogP contribution in [0.25, 0.3) is 0 Å². The van der Waals surface area contributed by atoms with Crippen molar-refractivity contribution in [2.45, 2.75) is 70.9 Å². The quantitative estimate of drug-likeness (QED) is 0.296. The highest BCUT2D eigenvalue weighted by atomic mass is 19.1. The Morgan fingerprint density at radius 1 is 1.07 bits per heavy atom. The molecule has 1 saturated heterocycles. The Kier molecular flexibility index (Phi) is 12.0. The number of likely N-dealkylation sites (N-methyl/N-ethyl adjacent to an activating group) is 1. The van der Waals surface area contributed by atoms with Crippen molar-refractivity contribution in [1.29, 1.82) is 0 Å². The number of aromatic nitrogens is 2. The fourth-order valence-corrected chi connectivity index (χ4v) is 6.15. The first-order valence-electron chi connectivity index (χ1n) is 15.7. The lowest BCUT2D eigenvalue weighted by atomic mass is 9.77. The summed E-state index contributed by atoms with van der Waals surface area (Å²) < 4.78 is 16.8. The van der Waals surface area contributed by atoms with Gasteiger partial charge in [-0.2, -0.15) is 5.10 Å². The van der Waals surface area contributed by atoms with Crippen molar-refractivity contribution in [1.82, 2.24) is 24.9 Å². The van der Waals surface area contributed by atoms with Crippen LogP contribution in [0.3, 0.4) is 0 Å². The number of ketones is 1. The molecule has 2 atom stereocenters. The minimum Gasteiger partial charge on any atom is -0.394 e. The van der Waals surface area contributed by atoms with E-state index in [0.717, 1.165) is 45.2 Å². The lowest BCUT2D eigenvalue weighted by molar-refractivity contribution is -0.137. The van der Waals surface area contributed by atoms with Crippen molar-refractivity contribution < 1.29 is 28.7 Å². The van der Waals surface area contributed by atoms with Crippen molar-refractivity contribution in [3.8, 4) is 0 Å². The summed E-state index contributed by atoms with van der Waals surface area (Å²) in [6.07, 6.45) is 6.43. The number of rotatable bonds is 13. The van der Waals surface area contributed by atoms with E-state index < -0.39 is 23.7 Å². The number of nitrogens with one attached hydrogen (secondary N) is 2. The molecule has 2 aromatic rings. The van der Waals surface area contributed by atoms with Crippen molar-refractivity contribution in [2.24, 2.45) is 11.8 Å². The number of aliphatic hydroxyl groups is 1. The zero-order valence-corrected chi connectivity index (χ0v) is 25.8. The maximum atomic E-state index is 15.4. The molecule has 0 spiro atoms. The van der Waals surface area contributed by atoms with E-state index in [2.05, 4.69) is 20.6 Å². The smallest absolute Gasteiger partial charge is 0.245 e. The van der Waals surface area contributed by atoms with Crippen LogP contribution in [0, 0.1) is 17.7 Å². The number of carbonyl (C=O) groups excluding carboxylic acids is 4. The normalized spacial score (nSPS) is 17.6. The Bertz CT molecular complexity index is 1300. The zero-order chi connectivity index (χ0) is 31.6. The average Bonchev–Trinajstić information content (AvgIpc) is 3.49. The van der Waals surface area contributed by atoms with Crippen LogP contribution in [0.15, 0.2) is 30.5 Å². The van der Waals surface area contributed by atoms with Gasteiger partial charge in [-0.05, 0) is 49.6 Å². The third kappa shape index (κ3) is 8.72. The minimum atomic E-state index is -0.827. The predicted molar refractivity (Wildman–Crippen MR) is 163 cm³/mol. The maximum absolute atomic E-state index is 15.4. The first-order valence-corrected chi connectivity index (χ1v) is 15.7. The Morgan fingerprint density at radius 3 is 2.45 bits per heavy atom. The van der Waals surface area contributed by atoms with Crippen LogP contribution in [-0.4, -0.2) is 94.1 Å². The summed E-state index contributed by atoms with van der Waals surface area (Å²) in [5.41, 5.74) is 0.844. The predicted octanol–water partition coefficient (Wildman–Crippen LogP) is 2.63. The maximum Gasteiger partial charge on any atom is 0.245 e. The third-order valence-electron chi connectivity index (χ3n) is 8.78. The number of hydrogen-bond donors (Lipinski definition) is 3. The molecule has 1 saturated carbocycles. The molecule has 240 valence electrons. The molecular formula is C32H45FN6O5. The van der Waals surface area contributed by atoms with Crippen LogP contribution in [0.4, 0.5) is 10.1 Å². The number of nitrogens with zero attached hydrogens (tertiary/aromatic N) is 4. The summed E-state index contributed by atoms with van der Waals surface area (Å²) in [5, 5.41) is 18.9. The van der Waals surface area contributed by atoms with Gasteiger partial charge in [0.1, 0.15) is 17.6 Å². The number of piperazine rings is 1. The van der Waals surface area contributed by atoms with Gasteiger partial charge in [-0.15, -0.1) is 0 Å². The molecule has 4 rings (SSSR count). The molecule has 2 fully saturated rings. The van der Waals surface area contributed by atoms with E-state index in [1.165, 1.54) is 23.0 Å². The molecule has 2 heterocycles. The highest BCUT2D eigenvalue weighted by Crippen LogP contribution is 2.34. The molecule has 1 aromatic carbocycles. The summed E-state index contributed by atoms with van der Waals surface area (Å²) in [6.45, 7) is 4.31. The summed E-state index contributed by atoms with van der Waals surface area (Å²) in [7, 11) is 1.99. The molecule has 3 N–H and O–H groups in total. The first-order chi connectivity index (χ1) is 21.2. The molecule has 1 aliphatic carbocycles. The van der Waals surface area contributed by atoms with Gasteiger partial charge in [-0.25, -0.2) is 4.39 Å². The van der Waals surface area contributed by atoms with Crippen LogP contribution in [0.5, 0.6) is 0 Å². The number of Topliss-reactive ketones (excluding diaryl/α,β-unsaturated/α-hetero) is 1. The van der Waals surface area contributed by atoms with Gasteiger partial charge >= 0.3 is 0 Å². The number of benzene rings is 1. The Labute approximate surface area is 258 Å². The van der Waals surface area contributed by atoms with Gasteiger partial charge in [0.2, 0.25) is 17.7 Å². The topological polar surface area (TPSA) is 137 Å². The first kappa shape index (κ1) is 33.3. The van der Waals surface area contributed by atoms with Crippen molar-refractivity contribution in [3.05, 3.63) is 47.5 Å². The van der Waals surface area contributed by atoms with E-state index in [-0.39, 0.29) is 61.6 Å². The Balaban J connectivity index is 1.47. The van der Waals surface area contributed by atoms with Crippen LogP contribution < -0.4 is 10.6 Å². The zero-order valence-electron chi connectivity index (χ0n) is 25.8. The highest BCUT2D eigenvalue weighted by molar-refractivity contribution is 6.00. The van der Waals surface area contributed by atoms with Crippen molar-refractivity contribution in [2.75, 3.05) is 45.2 Å². The summed E-state index contributed by atoms with van der Waals surface area (Å²) >= 11 is 0. The Hall–Kier alpha value is -3.64. The van der Waals surface area contributed by atoms with Crippen molar-refractivity contribution in [3.63, 3.8) is 0 Å². The molecule has 12 heteroatoms. The van der Waals surface area contributed by atoms with Crippen LogP contribution in [-0.2, 0) is 27.3 Å². The second-order valence-electron chi connectivity index (χ2n) is 11.9. The van der Waals surface area contributed by atoms with Gasteiger partial charge in [0.25, 0.3) is 0 Å². The van der Waals surface area contributed by atoms with Gasteiger partial charge in [0, 0.05) is 57.6 Å². The molecule has 1 aliphatic heterocycles. The molecule has 0 radical (unpaired) electrons. The second kappa shape index (κ2) is 15.9. The standard InChI is InChI=1S/C32H45FN6O5/c1-3-30(42)35-27(32(44)38-15-13-37(2)14-16-38)20-22-9-10-26(25(33)19-22)36-31(43)24(23-7-5-4-6-8-23)21-29(41)28-11-12-34-39(28)17-18-40/h9-12,19,23-24,27,40H,3-8,13-18,20-21H2,1-2H3,(H,35,42)(H,36,43)/t24-,27+/m0/s1. The highest BCUT2D eigenvalue weighted by Gasteiger charge is 2.33. The SMILES string of the molecule is CCC(=O)N[C@H](Cc1ccc(NC(=O)[C@@H](CC(=O)c2ccnn2CCO)C2CCCCC2)c(F)c1)C(=O)N1CCN(C)CC1. The number of aliphatic hydroxyl groups excluding tert-OH is 1. The molecule has 11 nitrogen and oxygen atoms in total. The number of carbonyl (C=O) groups is 4. The number of anilines is 1. The number of amides is 3. The van der Waals surface area contributed by atoms with E-state index in [4.69, 9.17) is 0 Å². The van der Waals surface area contributed by atoms with E-state index >= 15 is 4.39 Å². The second-order valence-corrected chi connectivity index (χ2v) is 11.9. The third-order valence-corrected chi connectivity index (χ3v) is 8.78. The van der Waals surface area contributed by atoms with E-state index in [9.17, 15) is 24.3 Å². The van der Waals surface area contributed by atoms with E-state index in [1.54, 1.807) is 24.0 Å². The minimum absolute atomic E-state index is 0.00290. The van der Waals surface area contributed by atoms with Crippen molar-refractivity contribution >= 4 is 29.2 Å². The van der Waals surface area contributed by atoms with Crippen LogP contribution in [0.1, 0.15) is 67.9 Å². The summed E-state index contributed by atoms with van der Waals surface area (Å²) in [6, 6.07) is 5.15. The molecule has 44 heavy (non-hydrogen) atoms.